The van der Waals surface area contributed by atoms with Crippen LogP contribution in [0.1, 0.15) is 37.8 Å². The summed E-state index contributed by atoms with van der Waals surface area (Å²) in [6.45, 7) is 5.06. The molecule has 1 heterocycles. The molecule has 156 valence electrons. The van der Waals surface area contributed by atoms with Crippen molar-refractivity contribution in [2.45, 2.75) is 44.4 Å². The van der Waals surface area contributed by atoms with E-state index in [4.69, 9.17) is 0 Å². The second kappa shape index (κ2) is 9.05. The van der Waals surface area contributed by atoms with Crippen molar-refractivity contribution in [1.29, 1.82) is 0 Å². The first-order chi connectivity index (χ1) is 13.9. The molecule has 0 unspecified atom stereocenters. The first-order valence-corrected chi connectivity index (χ1v) is 11.5. The molecule has 0 aromatic heterocycles. The van der Waals surface area contributed by atoms with Gasteiger partial charge in [-0.25, -0.2) is 12.8 Å². The third kappa shape index (κ3) is 4.67. The van der Waals surface area contributed by atoms with Gasteiger partial charge in [0.2, 0.25) is 15.9 Å². The van der Waals surface area contributed by atoms with Crippen LogP contribution < -0.4 is 4.90 Å². The third-order valence-corrected chi connectivity index (χ3v) is 7.43. The fourth-order valence-electron chi connectivity index (χ4n) is 3.73. The molecule has 0 saturated heterocycles. The SMILES string of the molecule is CCN(CC)S(=O)(=O)c1ccc(CCC(=O)N2CCCc3ccc(F)cc32)cc1. The van der Waals surface area contributed by atoms with Gasteiger partial charge in [0.05, 0.1) is 4.90 Å². The van der Waals surface area contributed by atoms with Crippen molar-refractivity contribution >= 4 is 21.6 Å². The Bertz CT molecular complexity index is 970. The van der Waals surface area contributed by atoms with Gasteiger partial charge in [0.15, 0.2) is 0 Å². The molecule has 5 nitrogen and oxygen atoms in total. The Balaban J connectivity index is 1.67. The van der Waals surface area contributed by atoms with Crippen molar-refractivity contribution < 1.29 is 17.6 Å². The highest BCUT2D eigenvalue weighted by atomic mass is 32.2. The summed E-state index contributed by atoms with van der Waals surface area (Å²) in [5.74, 6) is -0.384. The lowest BCUT2D eigenvalue weighted by Crippen LogP contribution is -2.35. The monoisotopic (exact) mass is 418 g/mol. The lowest BCUT2D eigenvalue weighted by Gasteiger charge is -2.29. The maximum atomic E-state index is 13.6. The summed E-state index contributed by atoms with van der Waals surface area (Å²) in [5.41, 5.74) is 2.56. The second-order valence-electron chi connectivity index (χ2n) is 7.16. The number of halogens is 1. The molecule has 0 spiro atoms. The van der Waals surface area contributed by atoms with Gasteiger partial charge in [-0.3, -0.25) is 4.79 Å². The molecular formula is C22H27FN2O3S. The lowest BCUT2D eigenvalue weighted by atomic mass is 10.0. The van der Waals surface area contributed by atoms with E-state index in [-0.39, 0.29) is 23.0 Å². The van der Waals surface area contributed by atoms with Crippen LogP contribution in [-0.2, 0) is 27.7 Å². The van der Waals surface area contributed by atoms with Crippen LogP contribution in [0.5, 0.6) is 0 Å². The summed E-state index contributed by atoms with van der Waals surface area (Å²) < 4.78 is 40.2. The van der Waals surface area contributed by atoms with Crippen molar-refractivity contribution in [3.05, 3.63) is 59.4 Å². The van der Waals surface area contributed by atoms with E-state index in [0.29, 0.717) is 31.7 Å². The molecule has 0 radical (unpaired) electrons. The number of amides is 1. The molecule has 7 heteroatoms. The van der Waals surface area contributed by atoms with E-state index < -0.39 is 10.0 Å². The van der Waals surface area contributed by atoms with Gasteiger partial charge < -0.3 is 4.90 Å². The summed E-state index contributed by atoms with van der Waals surface area (Å²) in [7, 11) is -3.48. The minimum absolute atomic E-state index is 0.0450. The zero-order valence-corrected chi connectivity index (χ0v) is 17.7. The highest BCUT2D eigenvalue weighted by Gasteiger charge is 2.23. The average molecular weight is 419 g/mol. The highest BCUT2D eigenvalue weighted by molar-refractivity contribution is 7.89. The molecule has 1 amide bonds. The van der Waals surface area contributed by atoms with Crippen LogP contribution >= 0.6 is 0 Å². The number of anilines is 1. The van der Waals surface area contributed by atoms with Crippen LogP contribution in [0.4, 0.5) is 10.1 Å². The number of nitrogens with zero attached hydrogens (tertiary/aromatic N) is 2. The Kier molecular flexibility index (Phi) is 6.70. The van der Waals surface area contributed by atoms with Crippen molar-refractivity contribution in [2.75, 3.05) is 24.5 Å². The molecule has 0 N–H and O–H groups in total. The van der Waals surface area contributed by atoms with Crippen LogP contribution in [0.2, 0.25) is 0 Å². The third-order valence-electron chi connectivity index (χ3n) is 5.36. The average Bonchev–Trinajstić information content (AvgIpc) is 2.72. The van der Waals surface area contributed by atoms with Gasteiger partial charge >= 0.3 is 0 Å². The predicted molar refractivity (Wildman–Crippen MR) is 112 cm³/mol. The number of carbonyl (C=O) groups is 1. The van der Waals surface area contributed by atoms with Crippen molar-refractivity contribution in [3.8, 4) is 0 Å². The van der Waals surface area contributed by atoms with Crippen molar-refractivity contribution in [1.82, 2.24) is 4.31 Å². The molecule has 29 heavy (non-hydrogen) atoms. The summed E-state index contributed by atoms with van der Waals surface area (Å²) >= 11 is 0. The molecule has 0 atom stereocenters. The van der Waals surface area contributed by atoms with E-state index in [1.807, 2.05) is 13.8 Å². The highest BCUT2D eigenvalue weighted by Crippen LogP contribution is 2.28. The predicted octanol–water partition coefficient (Wildman–Crippen LogP) is 3.77. The van der Waals surface area contributed by atoms with Crippen LogP contribution in [-0.4, -0.2) is 38.3 Å². The molecule has 0 aliphatic carbocycles. The van der Waals surface area contributed by atoms with Crippen LogP contribution in [0, 0.1) is 5.82 Å². The molecular weight excluding hydrogens is 391 g/mol. The Hall–Kier alpha value is -2.25. The first-order valence-electron chi connectivity index (χ1n) is 10.0. The number of rotatable bonds is 7. The fraction of sp³-hybridized carbons (Fsp3) is 0.409. The number of sulfonamides is 1. The number of hydrogen-bond acceptors (Lipinski definition) is 3. The molecule has 0 fully saturated rings. The van der Waals surface area contributed by atoms with Gasteiger partial charge in [-0.05, 0) is 54.7 Å². The largest absolute Gasteiger partial charge is 0.312 e. The molecule has 1 aliphatic rings. The number of hydrogen-bond donors (Lipinski definition) is 0. The minimum Gasteiger partial charge on any atom is -0.312 e. The van der Waals surface area contributed by atoms with E-state index in [2.05, 4.69) is 0 Å². The van der Waals surface area contributed by atoms with E-state index in [1.165, 1.54) is 16.4 Å². The molecule has 1 aliphatic heterocycles. The van der Waals surface area contributed by atoms with Crippen LogP contribution in [0.15, 0.2) is 47.4 Å². The van der Waals surface area contributed by atoms with Gasteiger partial charge in [-0.2, -0.15) is 4.31 Å². The Morgan fingerprint density at radius 1 is 1.10 bits per heavy atom. The summed E-state index contributed by atoms with van der Waals surface area (Å²) in [6, 6.07) is 11.3. The Labute approximate surface area is 172 Å². The maximum Gasteiger partial charge on any atom is 0.243 e. The smallest absolute Gasteiger partial charge is 0.243 e. The van der Waals surface area contributed by atoms with E-state index in [0.717, 1.165) is 24.0 Å². The van der Waals surface area contributed by atoms with E-state index in [1.54, 1.807) is 35.2 Å². The van der Waals surface area contributed by atoms with Crippen LogP contribution in [0.25, 0.3) is 0 Å². The topological polar surface area (TPSA) is 57.7 Å². The molecule has 3 rings (SSSR count). The fourth-order valence-corrected chi connectivity index (χ4v) is 5.19. The molecule has 2 aromatic carbocycles. The van der Waals surface area contributed by atoms with Gasteiger partial charge in [-0.1, -0.05) is 32.0 Å². The van der Waals surface area contributed by atoms with Gasteiger partial charge in [-0.15, -0.1) is 0 Å². The standard InChI is InChI=1S/C22H27FN2O3S/c1-3-24(4-2)29(27,28)20-12-7-17(8-13-20)9-14-22(26)25-15-5-6-18-10-11-19(23)16-21(18)25/h7-8,10-13,16H,3-6,9,14-15H2,1-2H3. The molecule has 0 bridgehead atoms. The number of benzene rings is 2. The van der Waals surface area contributed by atoms with Crippen molar-refractivity contribution in [3.63, 3.8) is 0 Å². The van der Waals surface area contributed by atoms with Crippen molar-refractivity contribution in [2.24, 2.45) is 0 Å². The summed E-state index contributed by atoms with van der Waals surface area (Å²) in [6.07, 6.45) is 2.51. The Morgan fingerprint density at radius 2 is 1.79 bits per heavy atom. The summed E-state index contributed by atoms with van der Waals surface area (Å²) in [5, 5.41) is 0. The number of aryl methyl sites for hydroxylation is 2. The molecule has 2 aromatic rings. The lowest BCUT2D eigenvalue weighted by molar-refractivity contribution is -0.118. The van der Waals surface area contributed by atoms with Gasteiger partial charge in [0.1, 0.15) is 5.82 Å². The zero-order valence-electron chi connectivity index (χ0n) is 16.9. The minimum atomic E-state index is -3.48. The van der Waals surface area contributed by atoms with Crippen LogP contribution in [0.3, 0.4) is 0 Å². The summed E-state index contributed by atoms with van der Waals surface area (Å²) in [4.78, 5) is 14.7. The second-order valence-corrected chi connectivity index (χ2v) is 9.09. The number of fused-ring (bicyclic) bond motifs is 1. The number of carbonyl (C=O) groups excluding carboxylic acids is 1. The normalized spacial score (nSPS) is 14.1. The quantitative estimate of drug-likeness (QED) is 0.688. The molecule has 0 saturated carbocycles. The van der Waals surface area contributed by atoms with Gasteiger partial charge in [0.25, 0.3) is 0 Å². The van der Waals surface area contributed by atoms with E-state index >= 15 is 0 Å². The van der Waals surface area contributed by atoms with E-state index in [9.17, 15) is 17.6 Å². The van der Waals surface area contributed by atoms with Gasteiger partial charge in [0, 0.05) is 31.7 Å². The maximum absolute atomic E-state index is 13.6. The first kappa shape index (κ1) is 21.5. The zero-order chi connectivity index (χ0) is 21.0. The Morgan fingerprint density at radius 3 is 2.45 bits per heavy atom.